The first-order valence-corrected chi connectivity index (χ1v) is 8.96. The number of hydrogen-bond acceptors (Lipinski definition) is 3. The summed E-state index contributed by atoms with van der Waals surface area (Å²) in [5.41, 5.74) is 0. The summed E-state index contributed by atoms with van der Waals surface area (Å²) in [5.74, 6) is 1.38. The molecule has 1 aliphatic heterocycles. The smallest absolute Gasteiger partial charge is 0.0467 e. The van der Waals surface area contributed by atoms with Gasteiger partial charge in [0.1, 0.15) is 0 Å². The number of piperidine rings is 1. The van der Waals surface area contributed by atoms with Gasteiger partial charge in [0.25, 0.3) is 0 Å². The first-order chi connectivity index (χ1) is 9.56. The van der Waals surface area contributed by atoms with E-state index in [0.29, 0.717) is 30.0 Å². The summed E-state index contributed by atoms with van der Waals surface area (Å²) in [6.45, 7) is 14.1. The van der Waals surface area contributed by atoms with Gasteiger partial charge in [-0.25, -0.2) is 0 Å². The van der Waals surface area contributed by atoms with Gasteiger partial charge < -0.3 is 5.32 Å². The van der Waals surface area contributed by atoms with Crippen LogP contribution in [0, 0.1) is 11.8 Å². The molecular formula is C17H30N2S. The second-order valence-corrected chi connectivity index (χ2v) is 7.47. The fourth-order valence-corrected chi connectivity index (χ4v) is 4.69. The Labute approximate surface area is 128 Å². The van der Waals surface area contributed by atoms with Gasteiger partial charge in [-0.3, -0.25) is 4.90 Å². The van der Waals surface area contributed by atoms with Crippen molar-refractivity contribution in [1.82, 2.24) is 10.2 Å². The number of nitrogens with zero attached hydrogens (tertiary/aromatic N) is 1. The first-order valence-electron chi connectivity index (χ1n) is 8.08. The molecule has 1 N–H and O–H groups in total. The second-order valence-electron chi connectivity index (χ2n) is 6.49. The molecule has 1 aromatic heterocycles. The Morgan fingerprint density at radius 1 is 1.40 bits per heavy atom. The lowest BCUT2D eigenvalue weighted by Gasteiger charge is -2.47. The summed E-state index contributed by atoms with van der Waals surface area (Å²) in [6.07, 6.45) is 1.27. The van der Waals surface area contributed by atoms with Crippen LogP contribution in [0.3, 0.4) is 0 Å². The lowest BCUT2D eigenvalue weighted by atomic mass is 9.84. The molecule has 0 aliphatic carbocycles. The van der Waals surface area contributed by atoms with Crippen molar-refractivity contribution in [1.29, 1.82) is 0 Å². The summed E-state index contributed by atoms with van der Waals surface area (Å²) in [6, 6.07) is 6.40. The molecule has 1 fully saturated rings. The molecule has 114 valence electrons. The third-order valence-electron chi connectivity index (χ3n) is 4.91. The number of rotatable bonds is 5. The normalized spacial score (nSPS) is 29.8. The van der Waals surface area contributed by atoms with E-state index in [0.717, 1.165) is 6.54 Å². The molecule has 2 nitrogen and oxygen atoms in total. The minimum absolute atomic E-state index is 0.579. The van der Waals surface area contributed by atoms with Crippen molar-refractivity contribution in [2.75, 3.05) is 13.1 Å². The summed E-state index contributed by atoms with van der Waals surface area (Å²) in [7, 11) is 0. The van der Waals surface area contributed by atoms with Gasteiger partial charge in [-0.05, 0) is 43.2 Å². The molecule has 0 bridgehead atoms. The third-order valence-corrected chi connectivity index (χ3v) is 5.85. The van der Waals surface area contributed by atoms with Crippen molar-refractivity contribution < 1.29 is 0 Å². The lowest BCUT2D eigenvalue weighted by Crippen LogP contribution is -2.54. The second kappa shape index (κ2) is 7.06. The molecule has 0 radical (unpaired) electrons. The Kier molecular flexibility index (Phi) is 5.65. The highest BCUT2D eigenvalue weighted by molar-refractivity contribution is 7.10. The average Bonchev–Trinajstić information content (AvgIpc) is 2.91. The van der Waals surface area contributed by atoms with Gasteiger partial charge in [0.15, 0.2) is 0 Å². The molecule has 1 saturated heterocycles. The summed E-state index contributed by atoms with van der Waals surface area (Å²) >= 11 is 1.91. The van der Waals surface area contributed by atoms with E-state index in [4.69, 9.17) is 0 Å². The Morgan fingerprint density at radius 3 is 2.70 bits per heavy atom. The number of hydrogen-bond donors (Lipinski definition) is 1. The Bertz CT molecular complexity index is 388. The zero-order chi connectivity index (χ0) is 14.7. The molecule has 0 amide bonds. The molecule has 4 atom stereocenters. The molecule has 0 aromatic carbocycles. The summed E-state index contributed by atoms with van der Waals surface area (Å²) < 4.78 is 0. The molecule has 0 saturated carbocycles. The molecule has 1 aliphatic rings. The molecular weight excluding hydrogens is 264 g/mol. The lowest BCUT2D eigenvalue weighted by molar-refractivity contribution is 0.0297. The van der Waals surface area contributed by atoms with Crippen molar-refractivity contribution in [2.24, 2.45) is 11.8 Å². The fourth-order valence-electron chi connectivity index (χ4n) is 3.67. The predicted octanol–water partition coefficient (Wildman–Crippen LogP) is 4.15. The van der Waals surface area contributed by atoms with Gasteiger partial charge in [-0.2, -0.15) is 0 Å². The maximum atomic E-state index is 3.66. The van der Waals surface area contributed by atoms with Crippen molar-refractivity contribution >= 4 is 11.3 Å². The highest BCUT2D eigenvalue weighted by Crippen LogP contribution is 2.37. The molecule has 3 heteroatoms. The predicted molar refractivity (Wildman–Crippen MR) is 89.3 cm³/mol. The van der Waals surface area contributed by atoms with Crippen LogP contribution in [-0.2, 0) is 0 Å². The molecule has 2 heterocycles. The van der Waals surface area contributed by atoms with E-state index in [-0.39, 0.29) is 0 Å². The van der Waals surface area contributed by atoms with Crippen molar-refractivity contribution in [2.45, 2.75) is 59.2 Å². The topological polar surface area (TPSA) is 15.3 Å². The van der Waals surface area contributed by atoms with Crippen LogP contribution < -0.4 is 5.32 Å². The molecule has 2 rings (SSSR count). The van der Waals surface area contributed by atoms with Crippen LogP contribution in [0.2, 0.25) is 0 Å². The standard InChI is InChI=1S/C17H30N2S/c1-6-18-15-9-10-19(14(5)13(15)4)17(12(2)3)16-8-7-11-20-16/h7-8,11-15,17-18H,6,9-10H2,1-5H3. The summed E-state index contributed by atoms with van der Waals surface area (Å²) in [4.78, 5) is 4.27. The summed E-state index contributed by atoms with van der Waals surface area (Å²) in [5, 5.41) is 5.88. The number of nitrogens with one attached hydrogen (secondary N) is 1. The van der Waals surface area contributed by atoms with Crippen molar-refractivity contribution in [3.05, 3.63) is 22.4 Å². The quantitative estimate of drug-likeness (QED) is 0.877. The van der Waals surface area contributed by atoms with E-state index < -0.39 is 0 Å². The number of thiophene rings is 1. The van der Waals surface area contributed by atoms with Gasteiger partial charge in [0.05, 0.1) is 0 Å². The minimum Gasteiger partial charge on any atom is -0.314 e. The van der Waals surface area contributed by atoms with E-state index in [9.17, 15) is 0 Å². The highest BCUT2D eigenvalue weighted by Gasteiger charge is 2.37. The Hall–Kier alpha value is -0.380. The Morgan fingerprint density at radius 2 is 2.15 bits per heavy atom. The average molecular weight is 295 g/mol. The van der Waals surface area contributed by atoms with E-state index in [2.05, 4.69) is 62.3 Å². The molecule has 1 aromatic rings. The molecule has 4 unspecified atom stereocenters. The van der Waals surface area contributed by atoms with Crippen LogP contribution >= 0.6 is 11.3 Å². The molecule has 20 heavy (non-hydrogen) atoms. The van der Waals surface area contributed by atoms with E-state index in [1.54, 1.807) is 0 Å². The maximum absolute atomic E-state index is 3.66. The van der Waals surface area contributed by atoms with Gasteiger partial charge in [-0.1, -0.05) is 33.8 Å². The zero-order valence-electron chi connectivity index (χ0n) is 13.6. The van der Waals surface area contributed by atoms with Crippen LogP contribution in [-0.4, -0.2) is 30.1 Å². The first kappa shape index (κ1) is 16.0. The van der Waals surface area contributed by atoms with Gasteiger partial charge >= 0.3 is 0 Å². The van der Waals surface area contributed by atoms with Gasteiger partial charge in [0, 0.05) is 29.5 Å². The fraction of sp³-hybridized carbons (Fsp3) is 0.765. The Balaban J connectivity index is 2.15. The van der Waals surface area contributed by atoms with Crippen LogP contribution in [0.5, 0.6) is 0 Å². The van der Waals surface area contributed by atoms with Crippen LogP contribution in [0.15, 0.2) is 17.5 Å². The SMILES string of the molecule is CCNC1CCN(C(c2cccs2)C(C)C)C(C)C1C. The monoisotopic (exact) mass is 294 g/mol. The van der Waals surface area contributed by atoms with E-state index in [1.807, 2.05) is 11.3 Å². The van der Waals surface area contributed by atoms with Crippen LogP contribution in [0.4, 0.5) is 0 Å². The number of likely N-dealkylation sites (tertiary alicyclic amines) is 1. The van der Waals surface area contributed by atoms with Crippen LogP contribution in [0.1, 0.15) is 52.0 Å². The largest absolute Gasteiger partial charge is 0.314 e. The minimum atomic E-state index is 0.579. The van der Waals surface area contributed by atoms with E-state index in [1.165, 1.54) is 17.8 Å². The van der Waals surface area contributed by atoms with Gasteiger partial charge in [-0.15, -0.1) is 11.3 Å². The third kappa shape index (κ3) is 3.26. The highest BCUT2D eigenvalue weighted by atomic mass is 32.1. The van der Waals surface area contributed by atoms with Crippen LogP contribution in [0.25, 0.3) is 0 Å². The van der Waals surface area contributed by atoms with Crippen molar-refractivity contribution in [3.8, 4) is 0 Å². The zero-order valence-corrected chi connectivity index (χ0v) is 14.4. The van der Waals surface area contributed by atoms with E-state index >= 15 is 0 Å². The molecule has 0 spiro atoms. The maximum Gasteiger partial charge on any atom is 0.0467 e. The van der Waals surface area contributed by atoms with Crippen molar-refractivity contribution in [3.63, 3.8) is 0 Å². The van der Waals surface area contributed by atoms with Gasteiger partial charge in [0.2, 0.25) is 0 Å².